The van der Waals surface area contributed by atoms with Gasteiger partial charge in [0.2, 0.25) is 10.0 Å². The number of fused-ring (bicyclic) bond motifs is 2. The van der Waals surface area contributed by atoms with Crippen LogP contribution < -0.4 is 14.2 Å². The van der Waals surface area contributed by atoms with E-state index in [4.69, 9.17) is 9.47 Å². The number of aromatic nitrogens is 1. The molecule has 1 fully saturated rings. The molecule has 0 saturated carbocycles. The van der Waals surface area contributed by atoms with Crippen LogP contribution in [0.15, 0.2) is 53.4 Å². The third kappa shape index (κ3) is 4.18. The van der Waals surface area contributed by atoms with Gasteiger partial charge in [0, 0.05) is 30.2 Å². The Labute approximate surface area is 188 Å². The van der Waals surface area contributed by atoms with E-state index in [1.54, 1.807) is 12.1 Å². The van der Waals surface area contributed by atoms with Gasteiger partial charge in [-0.05, 0) is 56.1 Å². The number of hydrogen-bond acceptors (Lipinski definition) is 6. The van der Waals surface area contributed by atoms with Crippen molar-refractivity contribution in [3.63, 3.8) is 0 Å². The monoisotopic (exact) mass is 453 g/mol. The van der Waals surface area contributed by atoms with Crippen LogP contribution in [0, 0.1) is 6.92 Å². The molecule has 2 aliphatic heterocycles. The molecule has 3 aromatic rings. The summed E-state index contributed by atoms with van der Waals surface area (Å²) in [7, 11) is -3.67. The average molecular weight is 454 g/mol. The topological polar surface area (TPSA) is 80.8 Å². The van der Waals surface area contributed by atoms with Crippen LogP contribution in [0.2, 0.25) is 0 Å². The highest BCUT2D eigenvalue weighted by molar-refractivity contribution is 7.89. The van der Waals surface area contributed by atoms with Crippen molar-refractivity contribution < 1.29 is 17.9 Å². The van der Waals surface area contributed by atoms with Crippen molar-refractivity contribution in [1.82, 2.24) is 14.6 Å². The number of hydrogen-bond donors (Lipinski definition) is 1. The molecule has 3 heterocycles. The molecule has 2 aliphatic rings. The van der Waals surface area contributed by atoms with Gasteiger partial charge in [-0.2, -0.15) is 0 Å². The van der Waals surface area contributed by atoms with Gasteiger partial charge in [0.1, 0.15) is 18.1 Å². The van der Waals surface area contributed by atoms with Crippen LogP contribution in [0.5, 0.6) is 11.5 Å². The Morgan fingerprint density at radius 2 is 1.94 bits per heavy atom. The van der Waals surface area contributed by atoms with E-state index in [0.29, 0.717) is 31.8 Å². The maximum Gasteiger partial charge on any atom is 0.242 e. The number of nitrogens with one attached hydrogen (secondary N) is 1. The number of likely N-dealkylation sites (tertiary alicyclic amines) is 1. The zero-order chi connectivity index (χ0) is 22.1. The predicted octanol–water partition coefficient (Wildman–Crippen LogP) is 3.43. The molecule has 5 rings (SSSR count). The molecule has 0 radical (unpaired) electrons. The standard InChI is InChI=1S/C24H27N3O4S/c1-17-7-8-18-4-2-6-23(24(18)26-17)32(28,29)25-11-13-27-12-3-5-20(27)19-9-10-21-22(16-19)31-15-14-30-21/h2,4,6-10,16,20,25H,3,5,11-15H2,1H3. The highest BCUT2D eigenvalue weighted by Crippen LogP contribution is 2.37. The smallest absolute Gasteiger partial charge is 0.242 e. The average Bonchev–Trinajstić information content (AvgIpc) is 3.26. The molecular formula is C24H27N3O4S. The van der Waals surface area contributed by atoms with Gasteiger partial charge in [0.25, 0.3) is 0 Å². The molecule has 1 saturated heterocycles. The van der Waals surface area contributed by atoms with Crippen LogP contribution in [-0.2, 0) is 10.0 Å². The van der Waals surface area contributed by atoms with E-state index in [1.807, 2.05) is 31.2 Å². The summed E-state index contributed by atoms with van der Waals surface area (Å²) in [5.74, 6) is 1.58. The Bertz CT molecular complexity index is 1250. The lowest BCUT2D eigenvalue weighted by Crippen LogP contribution is -2.35. The zero-order valence-electron chi connectivity index (χ0n) is 18.1. The fourth-order valence-electron chi connectivity index (χ4n) is 4.57. The normalized spacial score (nSPS) is 18.8. The minimum Gasteiger partial charge on any atom is -0.486 e. The first-order valence-corrected chi connectivity index (χ1v) is 12.5. The molecule has 0 bridgehead atoms. The molecule has 7 nitrogen and oxygen atoms in total. The Kier molecular flexibility index (Phi) is 5.75. The highest BCUT2D eigenvalue weighted by Gasteiger charge is 2.28. The minimum atomic E-state index is -3.67. The van der Waals surface area contributed by atoms with E-state index in [1.165, 1.54) is 5.56 Å². The van der Waals surface area contributed by atoms with Gasteiger partial charge in [-0.3, -0.25) is 9.88 Å². The third-order valence-electron chi connectivity index (χ3n) is 6.12. The van der Waals surface area contributed by atoms with E-state index in [0.717, 1.165) is 42.0 Å². The van der Waals surface area contributed by atoms with Gasteiger partial charge >= 0.3 is 0 Å². The number of para-hydroxylation sites is 1. The van der Waals surface area contributed by atoms with Crippen LogP contribution in [0.4, 0.5) is 0 Å². The summed E-state index contributed by atoms with van der Waals surface area (Å²) in [6, 6.07) is 15.4. The number of aryl methyl sites for hydroxylation is 1. The highest BCUT2D eigenvalue weighted by atomic mass is 32.2. The number of nitrogens with zero attached hydrogens (tertiary/aromatic N) is 2. The Morgan fingerprint density at radius 3 is 2.81 bits per heavy atom. The maximum absolute atomic E-state index is 13.0. The van der Waals surface area contributed by atoms with Crippen LogP contribution in [0.1, 0.15) is 30.1 Å². The molecule has 8 heteroatoms. The number of benzene rings is 2. The van der Waals surface area contributed by atoms with E-state index < -0.39 is 10.0 Å². The van der Waals surface area contributed by atoms with Gasteiger partial charge in [0.15, 0.2) is 11.5 Å². The van der Waals surface area contributed by atoms with Gasteiger partial charge in [-0.1, -0.05) is 24.3 Å². The van der Waals surface area contributed by atoms with Crippen molar-refractivity contribution in [3.8, 4) is 11.5 Å². The van der Waals surface area contributed by atoms with Crippen molar-refractivity contribution in [1.29, 1.82) is 0 Å². The summed E-state index contributed by atoms with van der Waals surface area (Å²) < 4.78 is 40.2. The fourth-order valence-corrected chi connectivity index (χ4v) is 5.77. The Balaban J connectivity index is 1.28. The van der Waals surface area contributed by atoms with Crippen LogP contribution in [0.3, 0.4) is 0 Å². The summed E-state index contributed by atoms with van der Waals surface area (Å²) in [5, 5.41) is 0.816. The van der Waals surface area contributed by atoms with Crippen molar-refractivity contribution in [2.75, 3.05) is 32.8 Å². The van der Waals surface area contributed by atoms with Crippen LogP contribution in [0.25, 0.3) is 10.9 Å². The SMILES string of the molecule is Cc1ccc2cccc(S(=O)(=O)NCCN3CCCC3c3ccc4c(c3)OCCO4)c2n1. The van der Waals surface area contributed by atoms with Gasteiger partial charge < -0.3 is 9.47 Å². The Hall–Kier alpha value is -2.68. The first-order chi connectivity index (χ1) is 15.5. The first kappa shape index (κ1) is 21.2. The minimum absolute atomic E-state index is 0.225. The lowest BCUT2D eigenvalue weighted by atomic mass is 10.0. The summed E-state index contributed by atoms with van der Waals surface area (Å²) in [5.41, 5.74) is 2.48. The lowest BCUT2D eigenvalue weighted by molar-refractivity contribution is 0.170. The second kappa shape index (κ2) is 8.69. The van der Waals surface area contributed by atoms with Crippen molar-refractivity contribution in [2.45, 2.75) is 30.7 Å². The van der Waals surface area contributed by atoms with E-state index in [2.05, 4.69) is 26.7 Å². The predicted molar refractivity (Wildman–Crippen MR) is 123 cm³/mol. The van der Waals surface area contributed by atoms with Crippen molar-refractivity contribution in [3.05, 3.63) is 59.8 Å². The number of sulfonamides is 1. The lowest BCUT2D eigenvalue weighted by Gasteiger charge is -2.26. The molecule has 1 N–H and O–H groups in total. The van der Waals surface area contributed by atoms with E-state index >= 15 is 0 Å². The Morgan fingerprint density at radius 1 is 1.09 bits per heavy atom. The summed E-state index contributed by atoms with van der Waals surface area (Å²) in [6.45, 7) is 4.92. The number of rotatable bonds is 6. The molecule has 0 amide bonds. The quantitative estimate of drug-likeness (QED) is 0.616. The van der Waals surface area contributed by atoms with Crippen molar-refractivity contribution >= 4 is 20.9 Å². The third-order valence-corrected chi connectivity index (χ3v) is 7.61. The largest absolute Gasteiger partial charge is 0.486 e. The van der Waals surface area contributed by atoms with Crippen LogP contribution >= 0.6 is 0 Å². The molecule has 0 spiro atoms. The molecule has 32 heavy (non-hydrogen) atoms. The van der Waals surface area contributed by atoms with Crippen molar-refractivity contribution in [2.24, 2.45) is 0 Å². The number of ether oxygens (including phenoxy) is 2. The van der Waals surface area contributed by atoms with E-state index in [9.17, 15) is 8.42 Å². The zero-order valence-corrected chi connectivity index (χ0v) is 18.9. The second-order valence-corrected chi connectivity index (χ2v) is 10.0. The molecule has 2 aromatic carbocycles. The van der Waals surface area contributed by atoms with Gasteiger partial charge in [-0.15, -0.1) is 0 Å². The van der Waals surface area contributed by atoms with Gasteiger partial charge in [-0.25, -0.2) is 13.1 Å². The molecule has 1 unspecified atom stereocenters. The molecule has 1 atom stereocenters. The summed E-state index contributed by atoms with van der Waals surface area (Å²) in [6.07, 6.45) is 2.12. The molecule has 168 valence electrons. The fraction of sp³-hybridized carbons (Fsp3) is 0.375. The molecule has 1 aromatic heterocycles. The first-order valence-electron chi connectivity index (χ1n) is 11.0. The molecule has 0 aliphatic carbocycles. The number of pyridine rings is 1. The summed E-state index contributed by atoms with van der Waals surface area (Å²) in [4.78, 5) is 7.02. The van der Waals surface area contributed by atoms with Crippen LogP contribution in [-0.4, -0.2) is 51.1 Å². The second-order valence-electron chi connectivity index (χ2n) is 8.28. The summed E-state index contributed by atoms with van der Waals surface area (Å²) >= 11 is 0. The maximum atomic E-state index is 13.0. The van der Waals surface area contributed by atoms with Gasteiger partial charge in [0.05, 0.1) is 5.52 Å². The molecular weight excluding hydrogens is 426 g/mol. The van der Waals surface area contributed by atoms with E-state index in [-0.39, 0.29) is 10.9 Å².